The standard InChI is InChI=1S/C18H13F2NO4/c1-10-12-4-2-3-5-15(12)25-17(10)18(23)24-9-16(22)21-14-7-6-11(19)8-13(14)20/h2-8H,9H2,1H3,(H,21,22). The fourth-order valence-corrected chi connectivity index (χ4v) is 2.34. The number of ether oxygens (including phenoxy) is 1. The number of esters is 1. The average molecular weight is 345 g/mol. The zero-order valence-electron chi connectivity index (χ0n) is 13.1. The minimum Gasteiger partial charge on any atom is -0.450 e. The topological polar surface area (TPSA) is 68.5 Å². The molecule has 1 heterocycles. The SMILES string of the molecule is Cc1c(C(=O)OCC(=O)Nc2ccc(F)cc2F)oc2ccccc12. The number of fused-ring (bicyclic) bond motifs is 1. The van der Waals surface area contributed by atoms with E-state index in [1.165, 1.54) is 0 Å². The number of aryl methyl sites for hydroxylation is 1. The molecule has 0 unspecified atom stereocenters. The summed E-state index contributed by atoms with van der Waals surface area (Å²) >= 11 is 0. The maximum Gasteiger partial charge on any atom is 0.375 e. The second kappa shape index (κ2) is 6.72. The lowest BCUT2D eigenvalue weighted by Gasteiger charge is -2.07. The molecule has 0 atom stereocenters. The summed E-state index contributed by atoms with van der Waals surface area (Å²) in [5.41, 5.74) is 0.928. The Labute approximate surface area is 141 Å². The molecule has 0 fully saturated rings. The molecule has 1 amide bonds. The summed E-state index contributed by atoms with van der Waals surface area (Å²) in [6, 6.07) is 9.81. The molecule has 0 aliphatic rings. The van der Waals surface area contributed by atoms with Gasteiger partial charge in [0.05, 0.1) is 5.69 Å². The van der Waals surface area contributed by atoms with E-state index in [9.17, 15) is 18.4 Å². The van der Waals surface area contributed by atoms with Crippen LogP contribution in [-0.4, -0.2) is 18.5 Å². The Kier molecular flexibility index (Phi) is 4.47. The van der Waals surface area contributed by atoms with E-state index in [1.807, 2.05) is 6.07 Å². The summed E-state index contributed by atoms with van der Waals surface area (Å²) < 4.78 is 36.6. The van der Waals surface area contributed by atoms with E-state index >= 15 is 0 Å². The number of nitrogens with one attached hydrogen (secondary N) is 1. The molecule has 0 saturated heterocycles. The van der Waals surface area contributed by atoms with Crippen LogP contribution in [-0.2, 0) is 9.53 Å². The van der Waals surface area contributed by atoms with Crippen LogP contribution < -0.4 is 5.32 Å². The van der Waals surface area contributed by atoms with Crippen molar-refractivity contribution in [2.45, 2.75) is 6.92 Å². The number of amides is 1. The van der Waals surface area contributed by atoms with Crippen LogP contribution in [0.4, 0.5) is 14.5 Å². The molecule has 0 spiro atoms. The summed E-state index contributed by atoms with van der Waals surface area (Å²) in [5.74, 6) is -3.24. The van der Waals surface area contributed by atoms with Gasteiger partial charge in [0, 0.05) is 17.0 Å². The van der Waals surface area contributed by atoms with Gasteiger partial charge in [-0.1, -0.05) is 18.2 Å². The van der Waals surface area contributed by atoms with Crippen LogP contribution in [0.25, 0.3) is 11.0 Å². The molecule has 7 heteroatoms. The molecule has 25 heavy (non-hydrogen) atoms. The number of anilines is 1. The van der Waals surface area contributed by atoms with Crippen LogP contribution in [0.1, 0.15) is 16.1 Å². The van der Waals surface area contributed by atoms with Gasteiger partial charge in [-0.15, -0.1) is 0 Å². The third-order valence-corrected chi connectivity index (χ3v) is 3.57. The average Bonchev–Trinajstić information content (AvgIpc) is 2.93. The minimum atomic E-state index is -0.923. The highest BCUT2D eigenvalue weighted by Crippen LogP contribution is 2.25. The molecule has 3 rings (SSSR count). The van der Waals surface area contributed by atoms with Gasteiger partial charge in [-0.3, -0.25) is 4.79 Å². The summed E-state index contributed by atoms with van der Waals surface area (Å²) in [5, 5.41) is 2.97. The number of hydrogen-bond donors (Lipinski definition) is 1. The Hall–Kier alpha value is -3.22. The van der Waals surface area contributed by atoms with Crippen LogP contribution in [0.15, 0.2) is 46.9 Å². The van der Waals surface area contributed by atoms with Gasteiger partial charge in [0.25, 0.3) is 5.91 Å². The zero-order chi connectivity index (χ0) is 18.0. The third kappa shape index (κ3) is 3.50. The largest absolute Gasteiger partial charge is 0.450 e. The minimum absolute atomic E-state index is 0.00182. The summed E-state index contributed by atoms with van der Waals surface area (Å²) in [4.78, 5) is 23.8. The van der Waals surface area contributed by atoms with E-state index in [-0.39, 0.29) is 11.4 Å². The number of carbonyl (C=O) groups is 2. The number of halogens is 2. The molecular formula is C18H13F2NO4. The van der Waals surface area contributed by atoms with Gasteiger partial charge in [0.15, 0.2) is 6.61 Å². The Morgan fingerprint density at radius 2 is 1.92 bits per heavy atom. The molecule has 0 radical (unpaired) electrons. The van der Waals surface area contributed by atoms with Crippen molar-refractivity contribution in [1.29, 1.82) is 0 Å². The van der Waals surface area contributed by atoms with Crippen LogP contribution >= 0.6 is 0 Å². The number of benzene rings is 2. The highest BCUT2D eigenvalue weighted by molar-refractivity contribution is 5.98. The van der Waals surface area contributed by atoms with E-state index in [4.69, 9.17) is 9.15 Å². The van der Waals surface area contributed by atoms with Gasteiger partial charge in [0.2, 0.25) is 5.76 Å². The van der Waals surface area contributed by atoms with E-state index in [0.29, 0.717) is 17.2 Å². The van der Waals surface area contributed by atoms with Crippen LogP contribution in [0.5, 0.6) is 0 Å². The highest BCUT2D eigenvalue weighted by atomic mass is 19.1. The van der Waals surface area contributed by atoms with E-state index < -0.39 is 30.1 Å². The Balaban J connectivity index is 1.65. The number of rotatable bonds is 4. The van der Waals surface area contributed by atoms with Gasteiger partial charge in [-0.25, -0.2) is 13.6 Å². The van der Waals surface area contributed by atoms with Crippen molar-refractivity contribution in [3.63, 3.8) is 0 Å². The molecule has 0 aliphatic carbocycles. The van der Waals surface area contributed by atoms with Crippen molar-refractivity contribution in [3.05, 3.63) is 65.4 Å². The number of carbonyl (C=O) groups excluding carboxylic acids is 2. The molecule has 0 bridgehead atoms. The first-order valence-electron chi connectivity index (χ1n) is 7.36. The van der Waals surface area contributed by atoms with Crippen molar-refractivity contribution < 1.29 is 27.5 Å². The Morgan fingerprint density at radius 3 is 2.64 bits per heavy atom. The fourth-order valence-electron chi connectivity index (χ4n) is 2.34. The van der Waals surface area contributed by atoms with Crippen LogP contribution in [0, 0.1) is 18.6 Å². The quantitative estimate of drug-likeness (QED) is 0.730. The highest BCUT2D eigenvalue weighted by Gasteiger charge is 2.20. The fraction of sp³-hybridized carbons (Fsp3) is 0.111. The first kappa shape index (κ1) is 16.6. The normalized spacial score (nSPS) is 10.7. The molecule has 2 aromatic carbocycles. The second-order valence-corrected chi connectivity index (χ2v) is 5.30. The van der Waals surface area contributed by atoms with E-state index in [2.05, 4.69) is 5.32 Å². The van der Waals surface area contributed by atoms with Gasteiger partial charge in [0.1, 0.15) is 17.2 Å². The first-order valence-corrected chi connectivity index (χ1v) is 7.36. The lowest BCUT2D eigenvalue weighted by Crippen LogP contribution is -2.21. The van der Waals surface area contributed by atoms with Gasteiger partial charge in [-0.2, -0.15) is 0 Å². The lowest BCUT2D eigenvalue weighted by molar-refractivity contribution is -0.119. The van der Waals surface area contributed by atoms with Crippen LogP contribution in [0.2, 0.25) is 0 Å². The molecule has 3 aromatic rings. The van der Waals surface area contributed by atoms with Gasteiger partial charge >= 0.3 is 5.97 Å². The van der Waals surface area contributed by atoms with Crippen molar-refractivity contribution >= 4 is 28.5 Å². The predicted molar refractivity (Wildman–Crippen MR) is 86.2 cm³/mol. The smallest absolute Gasteiger partial charge is 0.375 e. The number of para-hydroxylation sites is 1. The van der Waals surface area contributed by atoms with Crippen molar-refractivity contribution in [1.82, 2.24) is 0 Å². The maximum absolute atomic E-state index is 13.5. The molecule has 0 saturated carbocycles. The second-order valence-electron chi connectivity index (χ2n) is 5.30. The third-order valence-electron chi connectivity index (χ3n) is 3.57. The van der Waals surface area contributed by atoms with Gasteiger partial charge in [-0.05, 0) is 25.1 Å². The molecule has 5 nitrogen and oxygen atoms in total. The van der Waals surface area contributed by atoms with Crippen LogP contribution in [0.3, 0.4) is 0 Å². The lowest BCUT2D eigenvalue weighted by atomic mass is 10.1. The predicted octanol–water partition coefficient (Wildman–Crippen LogP) is 3.81. The van der Waals surface area contributed by atoms with E-state index in [1.54, 1.807) is 25.1 Å². The van der Waals surface area contributed by atoms with Gasteiger partial charge < -0.3 is 14.5 Å². The molecular weight excluding hydrogens is 332 g/mol. The number of furan rings is 1. The molecule has 128 valence electrons. The molecule has 1 aromatic heterocycles. The summed E-state index contributed by atoms with van der Waals surface area (Å²) in [7, 11) is 0. The Bertz CT molecular complexity index is 965. The van der Waals surface area contributed by atoms with E-state index in [0.717, 1.165) is 17.5 Å². The first-order chi connectivity index (χ1) is 12.0. The summed E-state index contributed by atoms with van der Waals surface area (Å²) in [6.45, 7) is 1.07. The van der Waals surface area contributed by atoms with Crippen molar-refractivity contribution in [3.8, 4) is 0 Å². The summed E-state index contributed by atoms with van der Waals surface area (Å²) in [6.07, 6.45) is 0. The monoisotopic (exact) mass is 345 g/mol. The van der Waals surface area contributed by atoms with Crippen molar-refractivity contribution in [2.24, 2.45) is 0 Å². The van der Waals surface area contributed by atoms with Crippen molar-refractivity contribution in [2.75, 3.05) is 11.9 Å². The molecule has 0 aliphatic heterocycles. The zero-order valence-corrected chi connectivity index (χ0v) is 13.1. The molecule has 1 N–H and O–H groups in total. The Morgan fingerprint density at radius 1 is 1.16 bits per heavy atom. The number of hydrogen-bond acceptors (Lipinski definition) is 4. The maximum atomic E-state index is 13.5.